The van der Waals surface area contributed by atoms with E-state index in [9.17, 15) is 9.59 Å². The number of amides is 2. The summed E-state index contributed by atoms with van der Waals surface area (Å²) in [6, 6.07) is 4.66. The number of esters is 1. The number of nitrogens with zero attached hydrogens (tertiary/aromatic N) is 2. The molecule has 0 saturated heterocycles. The topological polar surface area (TPSA) is 80.8 Å². The van der Waals surface area contributed by atoms with Gasteiger partial charge in [-0.1, -0.05) is 29.3 Å². The minimum Gasteiger partial charge on any atom is -0.464 e. The Morgan fingerprint density at radius 3 is 2.82 bits per heavy atom. The lowest BCUT2D eigenvalue weighted by Crippen LogP contribution is -2.35. The molecule has 0 atom stereocenters. The smallest absolute Gasteiger partial charge is 0.357 e. The third-order valence-electron chi connectivity index (χ3n) is 3.67. The zero-order chi connectivity index (χ0) is 20.5. The minimum atomic E-state index is -0.513. The van der Waals surface area contributed by atoms with Crippen LogP contribution in [0, 0.1) is 0 Å². The predicted molar refractivity (Wildman–Crippen MR) is 110 cm³/mol. The third-order valence-corrected chi connectivity index (χ3v) is 5.33. The fourth-order valence-electron chi connectivity index (χ4n) is 2.29. The van der Waals surface area contributed by atoms with Gasteiger partial charge in [0.15, 0.2) is 5.69 Å². The van der Waals surface area contributed by atoms with Gasteiger partial charge in [0.1, 0.15) is 5.01 Å². The first-order valence-corrected chi connectivity index (χ1v) is 10.2. The highest BCUT2D eigenvalue weighted by Crippen LogP contribution is 2.29. The van der Waals surface area contributed by atoms with Gasteiger partial charge in [-0.25, -0.2) is 14.6 Å². The summed E-state index contributed by atoms with van der Waals surface area (Å²) < 4.78 is 10.0. The molecule has 2 rings (SSSR count). The molecule has 1 N–H and O–H groups in total. The molecule has 0 aliphatic heterocycles. The van der Waals surface area contributed by atoms with Crippen molar-refractivity contribution in [3.05, 3.63) is 44.3 Å². The number of hydrogen-bond donors (Lipinski definition) is 1. The SMILES string of the molecule is CCOCCCN(Cc1nc(C(=O)OC)cs1)C(=O)Nc1cccc(Cl)c1Cl. The number of aromatic nitrogens is 1. The van der Waals surface area contributed by atoms with Crippen LogP contribution in [0.3, 0.4) is 0 Å². The summed E-state index contributed by atoms with van der Waals surface area (Å²) in [5.74, 6) is -0.513. The van der Waals surface area contributed by atoms with Crippen LogP contribution in [0.15, 0.2) is 23.6 Å². The number of benzene rings is 1. The Kier molecular flexibility index (Phi) is 8.98. The van der Waals surface area contributed by atoms with Crippen molar-refractivity contribution in [3.8, 4) is 0 Å². The first-order valence-electron chi connectivity index (χ1n) is 8.56. The number of thiazole rings is 1. The summed E-state index contributed by atoms with van der Waals surface area (Å²) >= 11 is 13.4. The number of urea groups is 1. The van der Waals surface area contributed by atoms with Crippen molar-refractivity contribution >= 4 is 52.2 Å². The number of halogens is 2. The number of nitrogens with one attached hydrogen (secondary N) is 1. The van der Waals surface area contributed by atoms with Crippen LogP contribution in [0.25, 0.3) is 0 Å². The Balaban J connectivity index is 2.11. The Bertz CT molecular complexity index is 816. The van der Waals surface area contributed by atoms with Crippen molar-refractivity contribution < 1.29 is 19.1 Å². The Morgan fingerprint density at radius 1 is 1.32 bits per heavy atom. The molecule has 0 spiro atoms. The molecule has 0 fully saturated rings. The van der Waals surface area contributed by atoms with E-state index >= 15 is 0 Å². The van der Waals surface area contributed by atoms with Crippen molar-refractivity contribution in [2.24, 2.45) is 0 Å². The van der Waals surface area contributed by atoms with Gasteiger partial charge in [0.25, 0.3) is 0 Å². The zero-order valence-electron chi connectivity index (χ0n) is 15.5. The van der Waals surface area contributed by atoms with Crippen LogP contribution in [0.5, 0.6) is 0 Å². The molecule has 2 amide bonds. The summed E-state index contributed by atoms with van der Waals surface area (Å²) in [6.07, 6.45) is 0.653. The van der Waals surface area contributed by atoms with Crippen LogP contribution in [-0.4, -0.2) is 48.8 Å². The predicted octanol–water partition coefficient (Wildman–Crippen LogP) is 4.70. The van der Waals surface area contributed by atoms with Gasteiger partial charge >= 0.3 is 12.0 Å². The highest BCUT2D eigenvalue weighted by molar-refractivity contribution is 7.09. The number of methoxy groups -OCH3 is 1. The largest absolute Gasteiger partial charge is 0.464 e. The summed E-state index contributed by atoms with van der Waals surface area (Å²) in [6.45, 7) is 3.73. The molecule has 0 saturated carbocycles. The molecule has 152 valence electrons. The van der Waals surface area contributed by atoms with E-state index in [1.54, 1.807) is 28.5 Å². The standard InChI is InChI=1S/C18H21Cl2N3O4S/c1-3-27-9-5-8-23(10-15-21-14(11-28-15)17(24)26-2)18(25)22-13-7-4-6-12(19)16(13)20/h4,6-7,11H,3,5,8-10H2,1-2H3,(H,22,25). The fraction of sp³-hybridized carbons (Fsp3) is 0.389. The van der Waals surface area contributed by atoms with E-state index in [0.717, 1.165) is 0 Å². The first kappa shape index (κ1) is 22.4. The van der Waals surface area contributed by atoms with Gasteiger partial charge in [-0.05, 0) is 25.5 Å². The van der Waals surface area contributed by atoms with Gasteiger partial charge < -0.3 is 19.7 Å². The number of anilines is 1. The molecule has 1 aromatic heterocycles. The Morgan fingerprint density at radius 2 is 2.11 bits per heavy atom. The molecule has 2 aromatic rings. The lowest BCUT2D eigenvalue weighted by Gasteiger charge is -2.22. The summed E-state index contributed by atoms with van der Waals surface area (Å²) in [5, 5.41) is 5.61. The minimum absolute atomic E-state index is 0.218. The van der Waals surface area contributed by atoms with Gasteiger partial charge in [-0.15, -0.1) is 11.3 Å². The molecule has 10 heteroatoms. The second kappa shape index (κ2) is 11.2. The van der Waals surface area contributed by atoms with E-state index < -0.39 is 5.97 Å². The molecule has 28 heavy (non-hydrogen) atoms. The summed E-state index contributed by atoms with van der Waals surface area (Å²) in [7, 11) is 1.30. The van der Waals surface area contributed by atoms with Gasteiger partial charge in [0.2, 0.25) is 0 Å². The molecular weight excluding hydrogens is 425 g/mol. The van der Waals surface area contributed by atoms with Crippen molar-refractivity contribution in [1.82, 2.24) is 9.88 Å². The normalized spacial score (nSPS) is 10.6. The van der Waals surface area contributed by atoms with Crippen molar-refractivity contribution in [1.29, 1.82) is 0 Å². The molecule has 0 aliphatic carbocycles. The number of carbonyl (C=O) groups is 2. The van der Waals surface area contributed by atoms with E-state index in [2.05, 4.69) is 15.0 Å². The molecule has 1 aromatic carbocycles. The van der Waals surface area contributed by atoms with Crippen LogP contribution in [0.4, 0.5) is 10.5 Å². The highest BCUT2D eigenvalue weighted by Gasteiger charge is 2.19. The third kappa shape index (κ3) is 6.34. The quantitative estimate of drug-likeness (QED) is 0.446. The maximum Gasteiger partial charge on any atom is 0.357 e. The maximum atomic E-state index is 12.8. The van der Waals surface area contributed by atoms with Crippen LogP contribution < -0.4 is 5.32 Å². The number of carbonyl (C=O) groups excluding carboxylic acids is 2. The maximum absolute atomic E-state index is 12.8. The second-order valence-corrected chi connectivity index (χ2v) is 7.35. The molecule has 7 nitrogen and oxygen atoms in total. The summed E-state index contributed by atoms with van der Waals surface area (Å²) in [5.41, 5.74) is 0.637. The number of ether oxygens (including phenoxy) is 2. The van der Waals surface area contributed by atoms with Crippen LogP contribution in [0.2, 0.25) is 10.0 Å². The lowest BCUT2D eigenvalue weighted by atomic mass is 10.3. The summed E-state index contributed by atoms with van der Waals surface area (Å²) in [4.78, 5) is 30.2. The number of hydrogen-bond acceptors (Lipinski definition) is 6. The van der Waals surface area contributed by atoms with Gasteiger partial charge in [-0.2, -0.15) is 0 Å². The average molecular weight is 446 g/mol. The van der Waals surface area contributed by atoms with Crippen LogP contribution >= 0.6 is 34.5 Å². The lowest BCUT2D eigenvalue weighted by molar-refractivity contribution is 0.0594. The molecule has 0 radical (unpaired) electrons. The first-order chi connectivity index (χ1) is 13.5. The Hall–Kier alpha value is -1.87. The molecule has 0 aliphatic rings. The average Bonchev–Trinajstić information content (AvgIpc) is 3.15. The van der Waals surface area contributed by atoms with E-state index in [0.29, 0.717) is 41.9 Å². The van der Waals surface area contributed by atoms with Gasteiger partial charge in [0.05, 0.1) is 29.4 Å². The van der Waals surface area contributed by atoms with Gasteiger partial charge in [0, 0.05) is 25.1 Å². The zero-order valence-corrected chi connectivity index (χ0v) is 17.9. The van der Waals surface area contributed by atoms with E-state index in [4.69, 9.17) is 27.9 Å². The van der Waals surface area contributed by atoms with Crippen LogP contribution in [0.1, 0.15) is 28.8 Å². The molecule has 0 unspecified atom stereocenters. The van der Waals surface area contributed by atoms with Crippen molar-refractivity contribution in [2.45, 2.75) is 19.9 Å². The highest BCUT2D eigenvalue weighted by atomic mass is 35.5. The second-order valence-electron chi connectivity index (χ2n) is 5.62. The van der Waals surface area contributed by atoms with Crippen molar-refractivity contribution in [2.75, 3.05) is 32.2 Å². The van der Waals surface area contributed by atoms with Crippen LogP contribution in [-0.2, 0) is 16.0 Å². The Labute approximate surface area is 177 Å². The van der Waals surface area contributed by atoms with E-state index in [1.165, 1.54) is 18.4 Å². The van der Waals surface area contributed by atoms with Gasteiger partial charge in [-0.3, -0.25) is 0 Å². The monoisotopic (exact) mass is 445 g/mol. The molecule has 0 bridgehead atoms. The van der Waals surface area contributed by atoms with E-state index in [1.807, 2.05) is 6.92 Å². The fourth-order valence-corrected chi connectivity index (χ4v) is 3.42. The molecular formula is C18H21Cl2N3O4S. The number of rotatable bonds is 9. The molecule has 1 heterocycles. The van der Waals surface area contributed by atoms with Crippen molar-refractivity contribution in [3.63, 3.8) is 0 Å². The van der Waals surface area contributed by atoms with E-state index in [-0.39, 0.29) is 23.3 Å².